The highest BCUT2D eigenvalue weighted by Gasteiger charge is 2.33. The third kappa shape index (κ3) is 3.96. The van der Waals surface area contributed by atoms with Gasteiger partial charge in [0.05, 0.1) is 0 Å². The lowest BCUT2D eigenvalue weighted by molar-refractivity contribution is -0.121. The Kier molecular flexibility index (Phi) is 4.99. The van der Waals surface area contributed by atoms with Crippen LogP contribution in [0.5, 0.6) is 0 Å². The van der Waals surface area contributed by atoms with Crippen LogP contribution in [0.1, 0.15) is 58.8 Å². The fourth-order valence-electron chi connectivity index (χ4n) is 2.16. The third-order valence-electron chi connectivity index (χ3n) is 3.21. The van der Waals surface area contributed by atoms with Crippen molar-refractivity contribution < 1.29 is 9.18 Å². The summed E-state index contributed by atoms with van der Waals surface area (Å²) >= 11 is 0. The van der Waals surface area contributed by atoms with E-state index in [2.05, 4.69) is 11.8 Å². The summed E-state index contributed by atoms with van der Waals surface area (Å²) in [6.45, 7) is 3.50. The van der Waals surface area contributed by atoms with Gasteiger partial charge in [-0.3, -0.25) is 4.79 Å². The second kappa shape index (κ2) is 6.03. The summed E-state index contributed by atoms with van der Waals surface area (Å²) in [6.07, 6.45) is 5.36. The Morgan fingerprint density at radius 1 is 1.50 bits per heavy atom. The standard InChI is InChI=1S/C14H21FO/c1-3-8-13(16)11-12-9-6-4-5-7-10-14(12,2)15/h12H,3-6,8-9,11H2,1-2H3. The van der Waals surface area contributed by atoms with E-state index in [1.807, 2.05) is 6.92 Å². The summed E-state index contributed by atoms with van der Waals surface area (Å²) in [5, 5.41) is 0. The van der Waals surface area contributed by atoms with Gasteiger partial charge < -0.3 is 0 Å². The number of Topliss-reactive ketones (excluding diaryl/α,β-unsaturated/α-hetero) is 1. The Bertz CT molecular complexity index is 296. The van der Waals surface area contributed by atoms with Crippen LogP contribution in [0.2, 0.25) is 0 Å². The van der Waals surface area contributed by atoms with Crippen LogP contribution in [0, 0.1) is 17.8 Å². The van der Waals surface area contributed by atoms with Gasteiger partial charge in [0.2, 0.25) is 0 Å². The first-order valence-electron chi connectivity index (χ1n) is 6.27. The molecule has 0 aromatic carbocycles. The number of ketones is 1. The number of carbonyl (C=O) groups excluding carboxylic acids is 1. The van der Waals surface area contributed by atoms with Crippen LogP contribution < -0.4 is 0 Å². The first-order valence-corrected chi connectivity index (χ1v) is 6.27. The van der Waals surface area contributed by atoms with E-state index >= 15 is 0 Å². The molecule has 1 nitrogen and oxygen atoms in total. The van der Waals surface area contributed by atoms with Crippen molar-refractivity contribution in [1.29, 1.82) is 0 Å². The van der Waals surface area contributed by atoms with Gasteiger partial charge in [0.1, 0.15) is 5.78 Å². The van der Waals surface area contributed by atoms with Crippen LogP contribution >= 0.6 is 0 Å². The van der Waals surface area contributed by atoms with E-state index in [1.165, 1.54) is 6.92 Å². The molecule has 90 valence electrons. The van der Waals surface area contributed by atoms with E-state index in [-0.39, 0.29) is 11.7 Å². The molecule has 0 aromatic rings. The maximum Gasteiger partial charge on any atom is 0.171 e. The summed E-state index contributed by atoms with van der Waals surface area (Å²) in [4.78, 5) is 11.6. The van der Waals surface area contributed by atoms with Gasteiger partial charge in [0, 0.05) is 25.2 Å². The molecule has 1 rings (SSSR count). The second-order valence-electron chi connectivity index (χ2n) is 4.81. The van der Waals surface area contributed by atoms with Gasteiger partial charge in [-0.25, -0.2) is 4.39 Å². The molecule has 1 aliphatic rings. The minimum absolute atomic E-state index is 0.179. The minimum Gasteiger partial charge on any atom is -0.300 e. The molecule has 0 aliphatic heterocycles. The van der Waals surface area contributed by atoms with Crippen molar-refractivity contribution in [3.63, 3.8) is 0 Å². The zero-order chi connectivity index (χ0) is 12.0. The van der Waals surface area contributed by atoms with Crippen molar-refractivity contribution in [3.8, 4) is 11.8 Å². The Balaban J connectivity index is 2.65. The van der Waals surface area contributed by atoms with Crippen LogP contribution in [0.15, 0.2) is 0 Å². The minimum atomic E-state index is -1.48. The molecule has 0 bridgehead atoms. The van der Waals surface area contributed by atoms with Gasteiger partial charge in [-0.05, 0) is 26.2 Å². The molecule has 0 spiro atoms. The monoisotopic (exact) mass is 224 g/mol. The molecule has 1 aliphatic carbocycles. The van der Waals surface area contributed by atoms with Crippen molar-refractivity contribution in [2.75, 3.05) is 0 Å². The van der Waals surface area contributed by atoms with E-state index in [0.717, 1.165) is 32.1 Å². The van der Waals surface area contributed by atoms with Crippen molar-refractivity contribution in [2.45, 2.75) is 64.5 Å². The average Bonchev–Trinajstić information content (AvgIpc) is 2.19. The Morgan fingerprint density at radius 2 is 2.25 bits per heavy atom. The highest BCUT2D eigenvalue weighted by atomic mass is 19.1. The number of carbonyl (C=O) groups is 1. The van der Waals surface area contributed by atoms with Gasteiger partial charge in [-0.15, -0.1) is 0 Å². The molecule has 0 N–H and O–H groups in total. The van der Waals surface area contributed by atoms with E-state index in [1.54, 1.807) is 0 Å². The quantitative estimate of drug-likeness (QED) is 0.666. The summed E-state index contributed by atoms with van der Waals surface area (Å²) in [6, 6.07) is 0. The number of halogens is 1. The molecule has 2 atom stereocenters. The van der Waals surface area contributed by atoms with E-state index in [4.69, 9.17) is 0 Å². The fourth-order valence-corrected chi connectivity index (χ4v) is 2.16. The maximum atomic E-state index is 14.3. The van der Waals surface area contributed by atoms with Gasteiger partial charge in [0.15, 0.2) is 5.67 Å². The van der Waals surface area contributed by atoms with Crippen molar-refractivity contribution in [2.24, 2.45) is 5.92 Å². The Morgan fingerprint density at radius 3 is 2.94 bits per heavy atom. The molecule has 16 heavy (non-hydrogen) atoms. The first kappa shape index (κ1) is 13.2. The van der Waals surface area contributed by atoms with Gasteiger partial charge in [-0.1, -0.05) is 25.2 Å². The molecular formula is C14H21FO. The van der Waals surface area contributed by atoms with Gasteiger partial charge in [-0.2, -0.15) is 0 Å². The second-order valence-corrected chi connectivity index (χ2v) is 4.81. The highest BCUT2D eigenvalue weighted by molar-refractivity contribution is 5.78. The molecule has 2 heteroatoms. The first-order chi connectivity index (χ1) is 7.56. The Hall–Kier alpha value is -0.840. The number of hydrogen-bond acceptors (Lipinski definition) is 1. The highest BCUT2D eigenvalue weighted by Crippen LogP contribution is 2.31. The lowest BCUT2D eigenvalue weighted by Crippen LogP contribution is -2.30. The van der Waals surface area contributed by atoms with E-state index < -0.39 is 5.67 Å². The number of alkyl halides is 1. The zero-order valence-electron chi connectivity index (χ0n) is 10.3. The average molecular weight is 224 g/mol. The van der Waals surface area contributed by atoms with Crippen LogP contribution in [-0.4, -0.2) is 11.5 Å². The van der Waals surface area contributed by atoms with Crippen molar-refractivity contribution >= 4 is 5.78 Å². The lowest BCUT2D eigenvalue weighted by atomic mass is 9.81. The predicted octanol–water partition coefficient (Wildman–Crippen LogP) is 3.67. The molecular weight excluding hydrogens is 203 g/mol. The summed E-state index contributed by atoms with van der Waals surface area (Å²) in [5.74, 6) is 5.54. The number of rotatable bonds is 4. The van der Waals surface area contributed by atoms with Crippen LogP contribution in [0.25, 0.3) is 0 Å². The molecule has 0 radical (unpaired) electrons. The lowest BCUT2D eigenvalue weighted by Gasteiger charge is -2.26. The van der Waals surface area contributed by atoms with Crippen molar-refractivity contribution in [3.05, 3.63) is 0 Å². The predicted molar refractivity (Wildman–Crippen MR) is 63.8 cm³/mol. The molecule has 0 saturated carbocycles. The van der Waals surface area contributed by atoms with E-state index in [9.17, 15) is 9.18 Å². The third-order valence-corrected chi connectivity index (χ3v) is 3.21. The smallest absolute Gasteiger partial charge is 0.171 e. The molecule has 0 heterocycles. The fraction of sp³-hybridized carbons (Fsp3) is 0.786. The van der Waals surface area contributed by atoms with Crippen LogP contribution in [0.4, 0.5) is 4.39 Å². The van der Waals surface area contributed by atoms with Crippen LogP contribution in [-0.2, 0) is 4.79 Å². The molecule has 0 saturated heterocycles. The molecule has 2 unspecified atom stereocenters. The summed E-state index contributed by atoms with van der Waals surface area (Å²) < 4.78 is 14.3. The molecule has 0 amide bonds. The zero-order valence-corrected chi connectivity index (χ0v) is 10.3. The van der Waals surface area contributed by atoms with Gasteiger partial charge >= 0.3 is 0 Å². The molecule has 0 aromatic heterocycles. The summed E-state index contributed by atoms with van der Waals surface area (Å²) in [7, 11) is 0. The normalized spacial score (nSPS) is 29.8. The van der Waals surface area contributed by atoms with E-state index in [0.29, 0.717) is 12.8 Å². The van der Waals surface area contributed by atoms with Crippen molar-refractivity contribution in [1.82, 2.24) is 0 Å². The Labute approximate surface area is 97.8 Å². The van der Waals surface area contributed by atoms with Crippen LogP contribution in [0.3, 0.4) is 0 Å². The topological polar surface area (TPSA) is 17.1 Å². The SMILES string of the molecule is CCCC(=O)CC1CCCCC#CC1(C)F. The number of hydrogen-bond donors (Lipinski definition) is 0. The maximum absolute atomic E-state index is 14.3. The summed E-state index contributed by atoms with van der Waals surface area (Å²) in [5.41, 5.74) is -1.48. The van der Waals surface area contributed by atoms with Gasteiger partial charge in [0.25, 0.3) is 0 Å². The largest absolute Gasteiger partial charge is 0.300 e. The molecule has 0 fully saturated rings.